The zero-order chi connectivity index (χ0) is 24.0. The molecule has 0 unspecified atom stereocenters. The number of halogens is 1. The van der Waals surface area contributed by atoms with Gasteiger partial charge in [0.25, 0.3) is 5.91 Å². The SMILES string of the molecule is CC(C)(C)OC(=O)N1CCC(Cc2cncc(N3C(=O)c4ccc(Cl)cc4C3(C)C)c2)CC1. The van der Waals surface area contributed by atoms with Gasteiger partial charge in [0.2, 0.25) is 0 Å². The van der Waals surface area contributed by atoms with Gasteiger partial charge in [0.05, 0.1) is 17.4 Å². The molecule has 33 heavy (non-hydrogen) atoms. The molecule has 0 N–H and O–H groups in total. The van der Waals surface area contributed by atoms with Gasteiger partial charge in [-0.05, 0) is 95.2 Å². The normalized spacial score (nSPS) is 18.4. The Morgan fingerprint density at radius 3 is 2.55 bits per heavy atom. The number of hydrogen-bond acceptors (Lipinski definition) is 4. The molecule has 0 atom stereocenters. The topological polar surface area (TPSA) is 62.7 Å². The maximum absolute atomic E-state index is 13.2. The number of carbonyl (C=O) groups is 2. The molecule has 2 aliphatic heterocycles. The Hall–Kier alpha value is -2.60. The van der Waals surface area contributed by atoms with Gasteiger partial charge in [-0.3, -0.25) is 14.7 Å². The van der Waals surface area contributed by atoms with Gasteiger partial charge in [0.15, 0.2) is 0 Å². The molecule has 2 aromatic rings. The molecule has 0 radical (unpaired) electrons. The van der Waals surface area contributed by atoms with Crippen molar-refractivity contribution in [2.75, 3.05) is 18.0 Å². The quantitative estimate of drug-likeness (QED) is 0.568. The van der Waals surface area contributed by atoms with E-state index in [1.165, 1.54) is 0 Å². The molecule has 4 rings (SSSR count). The lowest BCUT2D eigenvalue weighted by atomic mass is 9.90. The van der Waals surface area contributed by atoms with Gasteiger partial charge in [0, 0.05) is 29.9 Å². The largest absolute Gasteiger partial charge is 0.444 e. The van der Waals surface area contributed by atoms with Crippen LogP contribution in [0.4, 0.5) is 10.5 Å². The summed E-state index contributed by atoms with van der Waals surface area (Å²) < 4.78 is 5.50. The van der Waals surface area contributed by atoms with Crippen molar-refractivity contribution in [1.82, 2.24) is 9.88 Å². The first-order valence-electron chi connectivity index (χ1n) is 11.5. The van der Waals surface area contributed by atoms with E-state index >= 15 is 0 Å². The number of ether oxygens (including phenoxy) is 1. The van der Waals surface area contributed by atoms with Crippen LogP contribution in [-0.4, -0.2) is 40.6 Å². The number of benzene rings is 1. The maximum atomic E-state index is 13.2. The first-order valence-corrected chi connectivity index (χ1v) is 11.9. The van der Waals surface area contributed by atoms with Crippen LogP contribution in [0.1, 0.15) is 68.9 Å². The number of nitrogens with zero attached hydrogens (tertiary/aromatic N) is 3. The van der Waals surface area contributed by atoms with E-state index in [4.69, 9.17) is 16.3 Å². The van der Waals surface area contributed by atoms with Crippen molar-refractivity contribution in [2.24, 2.45) is 5.92 Å². The average molecular weight is 470 g/mol. The van der Waals surface area contributed by atoms with E-state index in [0.29, 0.717) is 29.6 Å². The van der Waals surface area contributed by atoms with Gasteiger partial charge in [-0.15, -0.1) is 0 Å². The lowest BCUT2D eigenvalue weighted by Gasteiger charge is -2.34. The molecule has 1 aromatic carbocycles. The summed E-state index contributed by atoms with van der Waals surface area (Å²) in [6.07, 6.45) is 6.09. The Morgan fingerprint density at radius 2 is 1.88 bits per heavy atom. The van der Waals surface area contributed by atoms with Gasteiger partial charge in [-0.25, -0.2) is 4.79 Å². The Bertz CT molecular complexity index is 1070. The number of hydrogen-bond donors (Lipinski definition) is 0. The summed E-state index contributed by atoms with van der Waals surface area (Å²) in [7, 11) is 0. The highest BCUT2D eigenvalue weighted by molar-refractivity contribution is 6.31. The molecule has 7 heteroatoms. The third-order valence-corrected chi connectivity index (χ3v) is 6.70. The molecule has 3 heterocycles. The van der Waals surface area contributed by atoms with Crippen molar-refractivity contribution < 1.29 is 14.3 Å². The van der Waals surface area contributed by atoms with Crippen LogP contribution >= 0.6 is 11.6 Å². The summed E-state index contributed by atoms with van der Waals surface area (Å²) in [6, 6.07) is 7.51. The third kappa shape index (κ3) is 4.86. The Labute approximate surface area is 200 Å². The predicted octanol–water partition coefficient (Wildman–Crippen LogP) is 5.82. The Morgan fingerprint density at radius 1 is 1.18 bits per heavy atom. The Kier molecular flexibility index (Phi) is 6.16. The van der Waals surface area contributed by atoms with Crippen LogP contribution in [0.5, 0.6) is 0 Å². The second kappa shape index (κ2) is 8.64. The third-order valence-electron chi connectivity index (χ3n) is 6.46. The van der Waals surface area contributed by atoms with Crippen molar-refractivity contribution in [3.05, 3.63) is 58.4 Å². The monoisotopic (exact) mass is 469 g/mol. The minimum absolute atomic E-state index is 0.0312. The lowest BCUT2D eigenvalue weighted by molar-refractivity contribution is 0.0184. The number of anilines is 1. The van der Waals surface area contributed by atoms with Crippen LogP contribution in [0.15, 0.2) is 36.7 Å². The zero-order valence-corrected chi connectivity index (χ0v) is 20.8. The lowest BCUT2D eigenvalue weighted by Crippen LogP contribution is -2.42. The van der Waals surface area contributed by atoms with E-state index in [0.717, 1.165) is 36.1 Å². The summed E-state index contributed by atoms with van der Waals surface area (Å²) in [4.78, 5) is 33.6. The average Bonchev–Trinajstić information content (AvgIpc) is 2.92. The van der Waals surface area contributed by atoms with Gasteiger partial charge < -0.3 is 9.64 Å². The number of rotatable bonds is 3. The highest BCUT2D eigenvalue weighted by atomic mass is 35.5. The van der Waals surface area contributed by atoms with Crippen LogP contribution < -0.4 is 4.90 Å². The summed E-state index contributed by atoms with van der Waals surface area (Å²) in [6.45, 7) is 11.1. The molecule has 1 saturated heterocycles. The van der Waals surface area contributed by atoms with Crippen molar-refractivity contribution >= 4 is 29.3 Å². The van der Waals surface area contributed by atoms with Crippen LogP contribution in [0.25, 0.3) is 0 Å². The van der Waals surface area contributed by atoms with Gasteiger partial charge in [0.1, 0.15) is 5.60 Å². The number of aromatic nitrogens is 1. The molecular weight excluding hydrogens is 438 g/mol. The summed E-state index contributed by atoms with van der Waals surface area (Å²) in [5.41, 5.74) is 2.51. The number of fused-ring (bicyclic) bond motifs is 1. The molecule has 2 aliphatic rings. The fraction of sp³-hybridized carbons (Fsp3) is 0.500. The van der Waals surface area contributed by atoms with E-state index in [2.05, 4.69) is 11.1 Å². The van der Waals surface area contributed by atoms with Gasteiger partial charge in [-0.1, -0.05) is 11.6 Å². The summed E-state index contributed by atoms with van der Waals surface area (Å²) in [5.74, 6) is 0.426. The fourth-order valence-electron chi connectivity index (χ4n) is 4.83. The van der Waals surface area contributed by atoms with Crippen molar-refractivity contribution in [3.63, 3.8) is 0 Å². The van der Waals surface area contributed by atoms with Crippen LogP contribution in [0.2, 0.25) is 5.02 Å². The minimum atomic E-state index is -0.517. The number of pyridine rings is 1. The standard InChI is InChI=1S/C26H32ClN3O3/c1-25(2,3)33-24(32)29-10-8-17(9-11-29)12-18-13-20(16-28-15-18)30-23(31)21-7-6-19(27)14-22(21)26(30,4)5/h6-7,13-17H,8-12H2,1-5H3. The van der Waals surface area contributed by atoms with Crippen molar-refractivity contribution in [1.29, 1.82) is 0 Å². The number of piperidine rings is 1. The summed E-state index contributed by atoms with van der Waals surface area (Å²) >= 11 is 6.21. The Balaban J connectivity index is 1.45. The molecule has 176 valence electrons. The molecular formula is C26H32ClN3O3. The second-order valence-corrected chi connectivity index (χ2v) is 11.0. The van der Waals surface area contributed by atoms with Gasteiger partial charge in [-0.2, -0.15) is 0 Å². The predicted molar refractivity (Wildman–Crippen MR) is 130 cm³/mol. The van der Waals surface area contributed by atoms with Crippen LogP contribution in [0, 0.1) is 5.92 Å². The minimum Gasteiger partial charge on any atom is -0.444 e. The number of carbonyl (C=O) groups excluding carboxylic acids is 2. The zero-order valence-electron chi connectivity index (χ0n) is 20.0. The molecule has 0 saturated carbocycles. The highest BCUT2D eigenvalue weighted by Gasteiger charge is 2.44. The molecule has 1 fully saturated rings. The first kappa shape index (κ1) is 23.6. The number of amides is 2. The maximum Gasteiger partial charge on any atom is 0.410 e. The van der Waals surface area contributed by atoms with Crippen LogP contribution in [-0.2, 0) is 16.7 Å². The van der Waals surface area contributed by atoms with E-state index < -0.39 is 11.1 Å². The van der Waals surface area contributed by atoms with E-state index in [1.807, 2.05) is 51.8 Å². The second-order valence-electron chi connectivity index (χ2n) is 10.6. The van der Waals surface area contributed by atoms with Crippen molar-refractivity contribution in [2.45, 2.75) is 65.0 Å². The fourth-order valence-corrected chi connectivity index (χ4v) is 5.00. The summed E-state index contributed by atoms with van der Waals surface area (Å²) in [5, 5.41) is 0.626. The molecule has 0 spiro atoms. The van der Waals surface area contributed by atoms with Crippen molar-refractivity contribution in [3.8, 4) is 0 Å². The highest BCUT2D eigenvalue weighted by Crippen LogP contribution is 2.42. The molecule has 6 nitrogen and oxygen atoms in total. The molecule has 1 aromatic heterocycles. The molecule has 0 bridgehead atoms. The van der Waals surface area contributed by atoms with E-state index in [9.17, 15) is 9.59 Å². The first-order chi connectivity index (χ1) is 15.5. The van der Waals surface area contributed by atoms with E-state index in [-0.39, 0.29) is 12.0 Å². The molecule has 0 aliphatic carbocycles. The molecule has 2 amide bonds. The van der Waals surface area contributed by atoms with E-state index in [1.54, 1.807) is 23.2 Å². The van der Waals surface area contributed by atoms with Crippen LogP contribution in [0.3, 0.4) is 0 Å². The van der Waals surface area contributed by atoms with Gasteiger partial charge >= 0.3 is 6.09 Å². The smallest absolute Gasteiger partial charge is 0.410 e. The number of likely N-dealkylation sites (tertiary alicyclic amines) is 1.